The summed E-state index contributed by atoms with van der Waals surface area (Å²) >= 11 is 5.88. The molecule has 0 radical (unpaired) electrons. The second kappa shape index (κ2) is 7.73. The first-order valence-electron chi connectivity index (χ1n) is 8.86. The number of aromatic amines is 1. The van der Waals surface area contributed by atoms with E-state index in [1.54, 1.807) is 54.9 Å². The predicted molar refractivity (Wildman–Crippen MR) is 115 cm³/mol. The minimum Gasteiger partial charge on any atom is -0.366 e. The molecule has 2 aromatic carbocycles. The van der Waals surface area contributed by atoms with Crippen LogP contribution in [0.15, 0.2) is 73.1 Å². The number of rotatable bonds is 5. The number of H-pyrrole nitrogens is 1. The molecule has 0 aliphatic heterocycles. The number of hydrogen-bond acceptors (Lipinski definition) is 3. The van der Waals surface area contributed by atoms with Crippen molar-refractivity contribution in [3.63, 3.8) is 0 Å². The normalized spacial score (nSPS) is 11.2. The molecular weight excluding hydrogens is 386 g/mol. The molecule has 0 aliphatic carbocycles. The lowest BCUT2D eigenvalue weighted by Crippen LogP contribution is -2.04. The van der Waals surface area contributed by atoms with Gasteiger partial charge in [0.25, 0.3) is 0 Å². The topological polar surface area (TPSA) is 88.8 Å². The number of benzene rings is 2. The lowest BCUT2D eigenvalue weighted by atomic mass is 9.99. The quantitative estimate of drug-likeness (QED) is 0.378. The molecule has 2 heterocycles. The van der Waals surface area contributed by atoms with Crippen molar-refractivity contribution in [2.24, 2.45) is 5.73 Å². The van der Waals surface area contributed by atoms with E-state index >= 15 is 0 Å². The van der Waals surface area contributed by atoms with Crippen LogP contribution < -0.4 is 5.73 Å². The molecule has 4 aromatic rings. The highest BCUT2D eigenvalue weighted by molar-refractivity contribution is 6.30. The van der Waals surface area contributed by atoms with E-state index in [4.69, 9.17) is 17.3 Å². The molecule has 5 nitrogen and oxygen atoms in total. The first kappa shape index (κ1) is 18.7. The van der Waals surface area contributed by atoms with Crippen molar-refractivity contribution in [3.05, 3.63) is 94.8 Å². The molecule has 2 aromatic heterocycles. The SMILES string of the molecule is NC(=O)C=Cc1c[nH]c2ncc(-c3ccc(C(=O)c4ccc(Cl)cc4)cc3)cc12. The number of ketones is 1. The molecule has 0 bridgehead atoms. The summed E-state index contributed by atoms with van der Waals surface area (Å²) in [6, 6.07) is 16.2. The maximum Gasteiger partial charge on any atom is 0.241 e. The van der Waals surface area contributed by atoms with Crippen molar-refractivity contribution in [3.8, 4) is 11.1 Å². The first-order valence-corrected chi connectivity index (χ1v) is 9.24. The Bertz CT molecular complexity index is 1240. The summed E-state index contributed by atoms with van der Waals surface area (Å²) < 4.78 is 0. The van der Waals surface area contributed by atoms with Crippen LogP contribution >= 0.6 is 11.6 Å². The second-order valence-electron chi connectivity index (χ2n) is 6.51. The Morgan fingerprint density at radius 2 is 1.62 bits per heavy atom. The van der Waals surface area contributed by atoms with E-state index in [0.717, 1.165) is 22.1 Å². The lowest BCUT2D eigenvalue weighted by Gasteiger charge is -2.05. The molecule has 0 saturated heterocycles. The fourth-order valence-electron chi connectivity index (χ4n) is 3.07. The molecule has 4 rings (SSSR count). The van der Waals surface area contributed by atoms with E-state index < -0.39 is 5.91 Å². The van der Waals surface area contributed by atoms with Gasteiger partial charge >= 0.3 is 0 Å². The third-order valence-corrected chi connectivity index (χ3v) is 4.83. The van der Waals surface area contributed by atoms with Crippen molar-refractivity contribution >= 4 is 40.4 Å². The van der Waals surface area contributed by atoms with Crippen molar-refractivity contribution in [2.45, 2.75) is 0 Å². The van der Waals surface area contributed by atoms with Crippen molar-refractivity contribution < 1.29 is 9.59 Å². The highest BCUT2D eigenvalue weighted by atomic mass is 35.5. The van der Waals surface area contributed by atoms with E-state index in [2.05, 4.69) is 9.97 Å². The Kier molecular flexibility index (Phi) is 4.97. The van der Waals surface area contributed by atoms with Gasteiger partial charge in [-0.3, -0.25) is 9.59 Å². The number of primary amides is 1. The first-order chi connectivity index (χ1) is 14.0. The third kappa shape index (κ3) is 3.95. The van der Waals surface area contributed by atoms with Crippen LogP contribution in [0.4, 0.5) is 0 Å². The molecule has 0 atom stereocenters. The maximum absolute atomic E-state index is 12.6. The van der Waals surface area contributed by atoms with Crippen LogP contribution in [-0.2, 0) is 4.79 Å². The van der Waals surface area contributed by atoms with E-state index in [1.807, 2.05) is 18.2 Å². The minimum atomic E-state index is -0.510. The van der Waals surface area contributed by atoms with Crippen LogP contribution in [0.2, 0.25) is 5.02 Å². The molecule has 1 amide bonds. The maximum atomic E-state index is 12.6. The van der Waals surface area contributed by atoms with Gasteiger partial charge in [0.2, 0.25) is 5.91 Å². The van der Waals surface area contributed by atoms with Gasteiger partial charge in [-0.1, -0.05) is 35.9 Å². The van der Waals surface area contributed by atoms with Gasteiger partial charge in [-0.25, -0.2) is 4.98 Å². The molecular formula is C23H16ClN3O2. The number of pyridine rings is 1. The third-order valence-electron chi connectivity index (χ3n) is 4.58. The van der Waals surface area contributed by atoms with Crippen molar-refractivity contribution in [1.82, 2.24) is 9.97 Å². The molecule has 0 saturated carbocycles. The van der Waals surface area contributed by atoms with Crippen LogP contribution in [0.25, 0.3) is 28.2 Å². The standard InChI is InChI=1S/C23H16ClN3O2/c24-19-8-5-16(6-9-19)22(29)15-3-1-14(2-4-15)18-11-20-17(7-10-21(25)28)12-26-23(20)27-13-18/h1-13H,(H2,25,28)(H,26,27). The summed E-state index contributed by atoms with van der Waals surface area (Å²) in [4.78, 5) is 31.1. The van der Waals surface area contributed by atoms with Gasteiger partial charge in [-0.05, 0) is 42.0 Å². The highest BCUT2D eigenvalue weighted by Crippen LogP contribution is 2.26. The number of fused-ring (bicyclic) bond motifs is 1. The van der Waals surface area contributed by atoms with Gasteiger partial charge in [0.05, 0.1) is 0 Å². The van der Waals surface area contributed by atoms with Gasteiger partial charge in [-0.2, -0.15) is 0 Å². The molecule has 0 fully saturated rings. The number of hydrogen-bond donors (Lipinski definition) is 2. The van der Waals surface area contributed by atoms with Crippen LogP contribution in [0.1, 0.15) is 21.5 Å². The molecule has 0 aliphatic rings. The highest BCUT2D eigenvalue weighted by Gasteiger charge is 2.10. The Balaban J connectivity index is 1.64. The number of carbonyl (C=O) groups is 2. The van der Waals surface area contributed by atoms with Gasteiger partial charge in [-0.15, -0.1) is 0 Å². The van der Waals surface area contributed by atoms with E-state index in [-0.39, 0.29) is 5.78 Å². The number of nitrogens with zero attached hydrogens (tertiary/aromatic N) is 1. The molecule has 0 spiro atoms. The van der Waals surface area contributed by atoms with Crippen molar-refractivity contribution in [1.29, 1.82) is 0 Å². The second-order valence-corrected chi connectivity index (χ2v) is 6.95. The Hall–Kier alpha value is -3.70. The monoisotopic (exact) mass is 401 g/mol. The van der Waals surface area contributed by atoms with E-state index in [0.29, 0.717) is 21.8 Å². The van der Waals surface area contributed by atoms with Gasteiger partial charge in [0.15, 0.2) is 5.78 Å². The molecule has 29 heavy (non-hydrogen) atoms. The molecule has 142 valence electrons. The molecule has 6 heteroatoms. The lowest BCUT2D eigenvalue weighted by molar-refractivity contribution is -0.113. The Morgan fingerprint density at radius 3 is 2.28 bits per heavy atom. The van der Waals surface area contributed by atoms with Crippen molar-refractivity contribution in [2.75, 3.05) is 0 Å². The van der Waals surface area contributed by atoms with Crippen LogP contribution in [0.3, 0.4) is 0 Å². The van der Waals surface area contributed by atoms with Crippen LogP contribution in [0.5, 0.6) is 0 Å². The summed E-state index contributed by atoms with van der Waals surface area (Å²) in [5.41, 5.74) is 9.72. The summed E-state index contributed by atoms with van der Waals surface area (Å²) in [5.74, 6) is -0.573. The number of aromatic nitrogens is 2. The largest absolute Gasteiger partial charge is 0.366 e. The fourth-order valence-corrected chi connectivity index (χ4v) is 3.20. The zero-order valence-corrected chi connectivity index (χ0v) is 16.0. The smallest absolute Gasteiger partial charge is 0.241 e. The number of nitrogens with two attached hydrogens (primary N) is 1. The summed E-state index contributed by atoms with van der Waals surface area (Å²) in [7, 11) is 0. The van der Waals surface area contributed by atoms with E-state index in [1.165, 1.54) is 6.08 Å². The number of amides is 1. The zero-order chi connectivity index (χ0) is 20.4. The Morgan fingerprint density at radius 1 is 0.966 bits per heavy atom. The minimum absolute atomic E-state index is 0.0636. The van der Waals surface area contributed by atoms with Gasteiger partial charge in [0, 0.05) is 51.1 Å². The number of nitrogens with one attached hydrogen (secondary N) is 1. The average molecular weight is 402 g/mol. The zero-order valence-electron chi connectivity index (χ0n) is 15.2. The summed E-state index contributed by atoms with van der Waals surface area (Å²) in [6.07, 6.45) is 6.50. The summed E-state index contributed by atoms with van der Waals surface area (Å²) in [6.45, 7) is 0. The van der Waals surface area contributed by atoms with Crippen LogP contribution in [-0.4, -0.2) is 21.7 Å². The summed E-state index contributed by atoms with van der Waals surface area (Å²) in [5, 5.41) is 1.47. The number of halogens is 1. The molecule has 0 unspecified atom stereocenters. The van der Waals surface area contributed by atoms with Crippen LogP contribution in [0, 0.1) is 0 Å². The van der Waals surface area contributed by atoms with Gasteiger partial charge in [0.1, 0.15) is 5.65 Å². The molecule has 3 N–H and O–H groups in total. The van der Waals surface area contributed by atoms with Gasteiger partial charge < -0.3 is 10.7 Å². The van der Waals surface area contributed by atoms with E-state index in [9.17, 15) is 9.59 Å². The average Bonchev–Trinajstić information content (AvgIpc) is 3.14. The fraction of sp³-hybridized carbons (Fsp3) is 0. The Labute approximate surface area is 171 Å². The number of carbonyl (C=O) groups excluding carboxylic acids is 2. The predicted octanol–water partition coefficient (Wildman–Crippen LogP) is 4.61.